The number of hydrogen-bond donors (Lipinski definition) is 2. The third-order valence-electron chi connectivity index (χ3n) is 4.47. The molecule has 1 aromatic rings. The summed E-state index contributed by atoms with van der Waals surface area (Å²) in [6.07, 6.45) is 10.8. The monoisotopic (exact) mass is 248 g/mol. The molecule has 1 unspecified atom stereocenters. The van der Waals surface area contributed by atoms with E-state index in [9.17, 15) is 0 Å². The maximum atomic E-state index is 4.12. The second-order valence-corrected chi connectivity index (χ2v) is 5.73. The van der Waals surface area contributed by atoms with Crippen molar-refractivity contribution >= 4 is 0 Å². The number of H-pyrrole nitrogens is 1. The van der Waals surface area contributed by atoms with Crippen molar-refractivity contribution < 1.29 is 0 Å². The van der Waals surface area contributed by atoms with Gasteiger partial charge in [0.05, 0.1) is 6.20 Å². The molecule has 1 atom stereocenters. The van der Waals surface area contributed by atoms with Crippen LogP contribution in [-0.4, -0.2) is 41.3 Å². The number of rotatable bonds is 3. The van der Waals surface area contributed by atoms with Gasteiger partial charge in [-0.2, -0.15) is 5.10 Å². The van der Waals surface area contributed by atoms with Crippen molar-refractivity contribution in [2.45, 2.75) is 38.1 Å². The van der Waals surface area contributed by atoms with Crippen LogP contribution in [-0.2, 0) is 0 Å². The fourth-order valence-corrected chi connectivity index (χ4v) is 3.43. The minimum Gasteiger partial charge on any atom is -0.317 e. The molecular weight excluding hydrogens is 224 g/mol. The van der Waals surface area contributed by atoms with Crippen molar-refractivity contribution in [2.24, 2.45) is 5.92 Å². The lowest BCUT2D eigenvalue weighted by Gasteiger charge is -2.38. The van der Waals surface area contributed by atoms with Crippen molar-refractivity contribution in [3.05, 3.63) is 18.0 Å². The summed E-state index contributed by atoms with van der Waals surface area (Å²) < 4.78 is 0. The van der Waals surface area contributed by atoms with Gasteiger partial charge in [0, 0.05) is 24.3 Å². The highest BCUT2D eigenvalue weighted by Crippen LogP contribution is 2.31. The average Bonchev–Trinajstić information content (AvgIpc) is 2.94. The summed E-state index contributed by atoms with van der Waals surface area (Å²) in [5.74, 6) is 0.888. The summed E-state index contributed by atoms with van der Waals surface area (Å²) >= 11 is 0. The van der Waals surface area contributed by atoms with Gasteiger partial charge in [-0.05, 0) is 51.2 Å². The molecule has 2 aliphatic rings. The Morgan fingerprint density at radius 1 is 1.22 bits per heavy atom. The highest BCUT2D eigenvalue weighted by molar-refractivity contribution is 5.10. The highest BCUT2D eigenvalue weighted by atomic mass is 15.2. The summed E-state index contributed by atoms with van der Waals surface area (Å²) in [7, 11) is 0. The molecule has 0 radical (unpaired) electrons. The molecule has 4 heteroatoms. The van der Waals surface area contributed by atoms with E-state index < -0.39 is 0 Å². The smallest absolute Gasteiger partial charge is 0.0535 e. The summed E-state index contributed by atoms with van der Waals surface area (Å²) in [6, 6.07) is 0.604. The first-order valence-corrected chi connectivity index (χ1v) is 7.37. The van der Waals surface area contributed by atoms with Gasteiger partial charge in [-0.1, -0.05) is 6.42 Å². The van der Waals surface area contributed by atoms with Crippen LogP contribution in [0.5, 0.6) is 0 Å². The Balaban J connectivity index is 1.64. The first-order valence-electron chi connectivity index (χ1n) is 7.37. The first-order chi connectivity index (χ1) is 8.93. The van der Waals surface area contributed by atoms with Crippen molar-refractivity contribution in [1.82, 2.24) is 20.4 Å². The normalized spacial score (nSPS) is 27.4. The molecular formula is C14H24N4. The fraction of sp³-hybridized carbons (Fsp3) is 0.786. The maximum Gasteiger partial charge on any atom is 0.0535 e. The van der Waals surface area contributed by atoms with E-state index in [1.54, 1.807) is 0 Å². The summed E-state index contributed by atoms with van der Waals surface area (Å²) in [6.45, 7) is 4.95. The second-order valence-electron chi connectivity index (χ2n) is 5.73. The Kier molecular flexibility index (Phi) is 3.96. The average molecular weight is 248 g/mol. The number of aromatic amines is 1. The molecule has 2 aliphatic heterocycles. The molecule has 3 rings (SSSR count). The molecule has 4 nitrogen and oxygen atoms in total. The molecule has 0 bridgehead atoms. The Hall–Kier alpha value is -0.870. The van der Waals surface area contributed by atoms with Crippen molar-refractivity contribution in [3.63, 3.8) is 0 Å². The van der Waals surface area contributed by atoms with Crippen LogP contribution in [0.4, 0.5) is 0 Å². The topological polar surface area (TPSA) is 44.0 Å². The van der Waals surface area contributed by atoms with Crippen LogP contribution in [0.2, 0.25) is 0 Å². The van der Waals surface area contributed by atoms with Gasteiger partial charge in [0.1, 0.15) is 0 Å². The van der Waals surface area contributed by atoms with Gasteiger partial charge in [-0.3, -0.25) is 10.00 Å². The summed E-state index contributed by atoms with van der Waals surface area (Å²) in [4.78, 5) is 2.70. The number of aromatic nitrogens is 2. The first kappa shape index (κ1) is 12.2. The second kappa shape index (κ2) is 5.85. The van der Waals surface area contributed by atoms with Gasteiger partial charge < -0.3 is 5.32 Å². The van der Waals surface area contributed by atoms with Crippen LogP contribution >= 0.6 is 0 Å². The largest absolute Gasteiger partial charge is 0.317 e. The van der Waals surface area contributed by atoms with Gasteiger partial charge >= 0.3 is 0 Å². The highest BCUT2D eigenvalue weighted by Gasteiger charge is 2.27. The molecule has 2 N–H and O–H groups in total. The predicted molar refractivity (Wildman–Crippen MR) is 72.3 cm³/mol. The lowest BCUT2D eigenvalue weighted by Crippen LogP contribution is -2.40. The van der Waals surface area contributed by atoms with Crippen molar-refractivity contribution in [1.29, 1.82) is 0 Å². The predicted octanol–water partition coefficient (Wildman–Crippen LogP) is 1.94. The van der Waals surface area contributed by atoms with Crippen LogP contribution < -0.4 is 5.32 Å². The van der Waals surface area contributed by atoms with E-state index in [4.69, 9.17) is 0 Å². The van der Waals surface area contributed by atoms with Gasteiger partial charge in [0.2, 0.25) is 0 Å². The minimum atomic E-state index is 0.604. The molecule has 0 spiro atoms. The molecule has 1 aromatic heterocycles. The van der Waals surface area contributed by atoms with E-state index in [0.29, 0.717) is 6.04 Å². The quantitative estimate of drug-likeness (QED) is 0.859. The number of nitrogens with zero attached hydrogens (tertiary/aromatic N) is 2. The molecule has 2 saturated heterocycles. The minimum absolute atomic E-state index is 0.604. The lowest BCUT2D eigenvalue weighted by molar-refractivity contribution is 0.115. The van der Waals surface area contributed by atoms with Crippen LogP contribution in [0.15, 0.2) is 12.4 Å². The fourth-order valence-electron chi connectivity index (χ4n) is 3.43. The Bertz CT molecular complexity index is 343. The molecule has 0 saturated carbocycles. The van der Waals surface area contributed by atoms with Crippen LogP contribution in [0.25, 0.3) is 0 Å². The summed E-state index contributed by atoms with van der Waals surface area (Å²) in [5, 5.41) is 10.5. The lowest BCUT2D eigenvalue weighted by atomic mass is 9.92. The zero-order chi connectivity index (χ0) is 12.2. The molecule has 2 fully saturated rings. The Morgan fingerprint density at radius 2 is 2.11 bits per heavy atom. The third kappa shape index (κ3) is 2.75. The van der Waals surface area contributed by atoms with E-state index >= 15 is 0 Å². The molecule has 0 aromatic carbocycles. The molecule has 0 aliphatic carbocycles. The molecule has 3 heterocycles. The standard InChI is InChI=1S/C14H24N4/c1-2-8-18(11-12-4-6-15-7-5-12)14(3-1)13-9-16-17-10-13/h9-10,12,14-15H,1-8,11H2,(H,16,17). The van der Waals surface area contributed by atoms with E-state index in [0.717, 1.165) is 5.92 Å². The molecule has 0 amide bonds. The van der Waals surface area contributed by atoms with Gasteiger partial charge in [0.25, 0.3) is 0 Å². The van der Waals surface area contributed by atoms with Gasteiger partial charge in [-0.25, -0.2) is 0 Å². The third-order valence-corrected chi connectivity index (χ3v) is 4.47. The zero-order valence-electron chi connectivity index (χ0n) is 11.1. The van der Waals surface area contributed by atoms with E-state index in [1.165, 1.54) is 63.8 Å². The van der Waals surface area contributed by atoms with Gasteiger partial charge in [0.15, 0.2) is 0 Å². The Morgan fingerprint density at radius 3 is 2.89 bits per heavy atom. The van der Waals surface area contributed by atoms with Crippen LogP contribution in [0.3, 0.4) is 0 Å². The number of nitrogens with one attached hydrogen (secondary N) is 2. The SMILES string of the molecule is c1n[nH]cc1C1CCCCN1CC1CCNCC1. The van der Waals surface area contributed by atoms with E-state index in [1.807, 2.05) is 6.20 Å². The van der Waals surface area contributed by atoms with Gasteiger partial charge in [-0.15, -0.1) is 0 Å². The molecule has 18 heavy (non-hydrogen) atoms. The Labute approximate surface area is 109 Å². The van der Waals surface area contributed by atoms with Crippen molar-refractivity contribution in [3.8, 4) is 0 Å². The van der Waals surface area contributed by atoms with Crippen LogP contribution in [0, 0.1) is 5.92 Å². The zero-order valence-corrected chi connectivity index (χ0v) is 11.1. The summed E-state index contributed by atoms with van der Waals surface area (Å²) in [5.41, 5.74) is 1.38. The van der Waals surface area contributed by atoms with Crippen LogP contribution in [0.1, 0.15) is 43.7 Å². The molecule has 100 valence electrons. The number of piperidine rings is 2. The van der Waals surface area contributed by atoms with E-state index in [2.05, 4.69) is 26.6 Å². The number of likely N-dealkylation sites (tertiary alicyclic amines) is 1. The van der Waals surface area contributed by atoms with E-state index in [-0.39, 0.29) is 0 Å². The number of hydrogen-bond acceptors (Lipinski definition) is 3. The van der Waals surface area contributed by atoms with Crippen molar-refractivity contribution in [2.75, 3.05) is 26.2 Å². The maximum absolute atomic E-state index is 4.12.